The van der Waals surface area contributed by atoms with Crippen molar-refractivity contribution in [3.63, 3.8) is 0 Å². The van der Waals surface area contributed by atoms with Crippen LogP contribution in [0, 0.1) is 11.3 Å². The molecule has 0 aromatic heterocycles. The second-order valence-electron chi connectivity index (χ2n) is 8.56. The molecule has 0 amide bonds. The van der Waals surface area contributed by atoms with Crippen LogP contribution < -0.4 is 5.48 Å². The number of benzene rings is 1. The lowest BCUT2D eigenvalue weighted by molar-refractivity contribution is -0.138. The van der Waals surface area contributed by atoms with Gasteiger partial charge in [-0.25, -0.2) is 0 Å². The molecule has 0 radical (unpaired) electrons. The molecule has 3 aliphatic rings. The van der Waals surface area contributed by atoms with E-state index < -0.39 is 5.97 Å². The lowest BCUT2D eigenvalue weighted by atomic mass is 9.93. The molecule has 2 unspecified atom stereocenters. The number of carbonyl (C=O) groups is 1. The number of rotatable bonds is 6. The van der Waals surface area contributed by atoms with E-state index in [4.69, 9.17) is 20.1 Å². The zero-order chi connectivity index (χ0) is 20.9. The van der Waals surface area contributed by atoms with E-state index in [1.165, 1.54) is 5.56 Å². The zero-order valence-corrected chi connectivity index (χ0v) is 17.4. The van der Waals surface area contributed by atoms with E-state index >= 15 is 0 Å². The van der Waals surface area contributed by atoms with Crippen molar-refractivity contribution in [1.29, 1.82) is 5.41 Å². The van der Waals surface area contributed by atoms with Crippen LogP contribution in [-0.4, -0.2) is 78.8 Å². The molecule has 0 bridgehead atoms. The highest BCUT2D eigenvalue weighted by Gasteiger charge is 2.30. The summed E-state index contributed by atoms with van der Waals surface area (Å²) in [5.74, 6) is 0.180. The molecule has 3 saturated heterocycles. The molecule has 2 atom stereocenters. The van der Waals surface area contributed by atoms with Crippen molar-refractivity contribution in [1.82, 2.24) is 15.3 Å². The summed E-state index contributed by atoms with van der Waals surface area (Å²) in [5, 5.41) is 17.4. The van der Waals surface area contributed by atoms with Gasteiger partial charge in [0.1, 0.15) is 5.84 Å². The molecule has 1 aromatic carbocycles. The maximum atomic E-state index is 10.9. The Balaban J connectivity index is 1.24. The van der Waals surface area contributed by atoms with Crippen LogP contribution in [0.25, 0.3) is 0 Å². The van der Waals surface area contributed by atoms with Crippen LogP contribution in [0.3, 0.4) is 0 Å². The van der Waals surface area contributed by atoms with Gasteiger partial charge in [-0.05, 0) is 43.8 Å². The van der Waals surface area contributed by atoms with Crippen LogP contribution in [0.4, 0.5) is 0 Å². The average molecular weight is 417 g/mol. The Labute approximate surface area is 177 Å². The first-order valence-electron chi connectivity index (χ1n) is 11.0. The van der Waals surface area contributed by atoms with Gasteiger partial charge in [0.15, 0.2) is 0 Å². The first-order valence-corrected chi connectivity index (χ1v) is 11.0. The van der Waals surface area contributed by atoms with Crippen LogP contribution in [0.15, 0.2) is 24.3 Å². The molecule has 4 rings (SSSR count). The number of nitrogens with one attached hydrogen (secondary N) is 2. The molecule has 8 heteroatoms. The predicted octanol–water partition coefficient (Wildman–Crippen LogP) is 1.87. The SMILES string of the molecule is N=C(c1ccc(C2CC(CN3CCC(CC(=O)O)CC3)ON2)cc1)N1CCOCC1. The van der Waals surface area contributed by atoms with E-state index in [0.717, 1.165) is 57.5 Å². The highest BCUT2D eigenvalue weighted by atomic mass is 16.7. The summed E-state index contributed by atoms with van der Waals surface area (Å²) in [5.41, 5.74) is 5.28. The van der Waals surface area contributed by atoms with Crippen molar-refractivity contribution in [2.75, 3.05) is 45.9 Å². The molecule has 0 saturated carbocycles. The largest absolute Gasteiger partial charge is 0.481 e. The van der Waals surface area contributed by atoms with E-state index in [1.54, 1.807) is 0 Å². The smallest absolute Gasteiger partial charge is 0.303 e. The molecule has 3 aliphatic heterocycles. The van der Waals surface area contributed by atoms with Gasteiger partial charge in [-0.3, -0.25) is 15.0 Å². The lowest BCUT2D eigenvalue weighted by Gasteiger charge is -2.32. The van der Waals surface area contributed by atoms with Crippen molar-refractivity contribution in [3.8, 4) is 0 Å². The van der Waals surface area contributed by atoms with Crippen molar-refractivity contribution in [2.24, 2.45) is 5.92 Å². The number of nitrogens with zero attached hydrogens (tertiary/aromatic N) is 2. The number of likely N-dealkylation sites (tertiary alicyclic amines) is 1. The summed E-state index contributed by atoms with van der Waals surface area (Å²) >= 11 is 0. The number of carboxylic acids is 1. The number of hydrogen-bond donors (Lipinski definition) is 3. The Kier molecular flexibility index (Phi) is 6.99. The number of ether oxygens (including phenoxy) is 1. The molecule has 1 aromatic rings. The summed E-state index contributed by atoms with van der Waals surface area (Å²) < 4.78 is 5.37. The number of carboxylic acid groups (broad SMARTS) is 1. The topological polar surface area (TPSA) is 98.1 Å². The normalized spacial score (nSPS) is 26.1. The summed E-state index contributed by atoms with van der Waals surface area (Å²) in [7, 11) is 0. The maximum absolute atomic E-state index is 10.9. The quantitative estimate of drug-likeness (QED) is 0.481. The van der Waals surface area contributed by atoms with Gasteiger partial charge < -0.3 is 19.6 Å². The van der Waals surface area contributed by atoms with Crippen molar-refractivity contribution in [2.45, 2.75) is 37.8 Å². The minimum atomic E-state index is -0.689. The van der Waals surface area contributed by atoms with Gasteiger partial charge in [-0.2, -0.15) is 5.48 Å². The average Bonchev–Trinajstić information content (AvgIpc) is 3.23. The fourth-order valence-electron chi connectivity index (χ4n) is 4.60. The minimum absolute atomic E-state index is 0.136. The van der Waals surface area contributed by atoms with Crippen molar-refractivity contribution < 1.29 is 19.5 Å². The molecule has 0 spiro atoms. The Morgan fingerprint density at radius 1 is 1.13 bits per heavy atom. The maximum Gasteiger partial charge on any atom is 0.303 e. The number of piperidine rings is 1. The van der Waals surface area contributed by atoms with E-state index in [-0.39, 0.29) is 18.6 Å². The van der Waals surface area contributed by atoms with Gasteiger partial charge >= 0.3 is 5.97 Å². The molecule has 3 heterocycles. The van der Waals surface area contributed by atoms with Crippen LogP contribution in [-0.2, 0) is 14.4 Å². The van der Waals surface area contributed by atoms with E-state index in [9.17, 15) is 4.79 Å². The Hall–Kier alpha value is -2.00. The van der Waals surface area contributed by atoms with Crippen LogP contribution in [0.5, 0.6) is 0 Å². The van der Waals surface area contributed by atoms with Crippen molar-refractivity contribution in [3.05, 3.63) is 35.4 Å². The Morgan fingerprint density at radius 2 is 1.83 bits per heavy atom. The number of amidine groups is 1. The Morgan fingerprint density at radius 3 is 2.50 bits per heavy atom. The molecular weight excluding hydrogens is 384 g/mol. The van der Waals surface area contributed by atoms with Gasteiger partial charge in [0, 0.05) is 31.6 Å². The number of aliphatic carboxylic acids is 1. The van der Waals surface area contributed by atoms with Gasteiger partial charge in [-0.1, -0.05) is 24.3 Å². The third-order valence-electron chi connectivity index (χ3n) is 6.42. The fraction of sp³-hybridized carbons (Fsp3) is 0.636. The molecule has 8 nitrogen and oxygen atoms in total. The second-order valence-corrected chi connectivity index (χ2v) is 8.56. The molecule has 30 heavy (non-hydrogen) atoms. The van der Waals surface area contributed by atoms with E-state index in [2.05, 4.69) is 27.4 Å². The summed E-state index contributed by atoms with van der Waals surface area (Å²) in [6.07, 6.45) is 3.24. The van der Waals surface area contributed by atoms with E-state index in [1.807, 2.05) is 12.1 Å². The number of morpholine rings is 1. The van der Waals surface area contributed by atoms with Gasteiger partial charge in [-0.15, -0.1) is 0 Å². The summed E-state index contributed by atoms with van der Waals surface area (Å²) in [6.45, 7) is 5.68. The number of hydroxylamine groups is 1. The van der Waals surface area contributed by atoms with Gasteiger partial charge in [0.05, 0.1) is 25.4 Å². The summed E-state index contributed by atoms with van der Waals surface area (Å²) in [4.78, 5) is 21.2. The third kappa shape index (κ3) is 5.37. The summed E-state index contributed by atoms with van der Waals surface area (Å²) in [6, 6.07) is 8.38. The van der Waals surface area contributed by atoms with Gasteiger partial charge in [0.2, 0.25) is 0 Å². The molecule has 164 valence electrons. The molecule has 3 N–H and O–H groups in total. The minimum Gasteiger partial charge on any atom is -0.481 e. The lowest BCUT2D eigenvalue weighted by Crippen LogP contribution is -2.40. The molecular formula is C22H32N4O4. The van der Waals surface area contributed by atoms with Crippen molar-refractivity contribution >= 4 is 11.8 Å². The van der Waals surface area contributed by atoms with E-state index in [0.29, 0.717) is 25.0 Å². The fourth-order valence-corrected chi connectivity index (χ4v) is 4.60. The molecule has 0 aliphatic carbocycles. The van der Waals surface area contributed by atoms with Crippen LogP contribution in [0.2, 0.25) is 0 Å². The first kappa shape index (κ1) is 21.2. The first-order chi connectivity index (χ1) is 14.6. The second kappa shape index (κ2) is 9.87. The highest BCUT2D eigenvalue weighted by Crippen LogP contribution is 2.28. The van der Waals surface area contributed by atoms with Crippen LogP contribution in [0.1, 0.15) is 42.9 Å². The zero-order valence-electron chi connectivity index (χ0n) is 17.4. The van der Waals surface area contributed by atoms with Crippen LogP contribution >= 0.6 is 0 Å². The number of hydrogen-bond acceptors (Lipinski definition) is 6. The Bertz CT molecular complexity index is 727. The standard InChI is InChI=1S/C22H32N4O4/c23-22(26-9-11-29-12-10-26)18-3-1-17(2-4-18)20-14-19(30-24-20)15-25-7-5-16(6-8-25)13-21(27)28/h1-4,16,19-20,23-24H,5-15H2,(H,27,28). The highest BCUT2D eigenvalue weighted by molar-refractivity contribution is 5.96. The predicted molar refractivity (Wildman–Crippen MR) is 112 cm³/mol. The molecule has 3 fully saturated rings. The third-order valence-corrected chi connectivity index (χ3v) is 6.42. The van der Waals surface area contributed by atoms with Gasteiger partial charge in [0.25, 0.3) is 0 Å². The monoisotopic (exact) mass is 416 g/mol.